The van der Waals surface area contributed by atoms with Crippen molar-refractivity contribution in [2.24, 2.45) is 0 Å². The summed E-state index contributed by atoms with van der Waals surface area (Å²) >= 11 is 0. The minimum absolute atomic E-state index is 0.0124. The largest absolute Gasteiger partial charge is 0.492 e. The highest BCUT2D eigenvalue weighted by Gasteiger charge is 2.17. The van der Waals surface area contributed by atoms with Crippen molar-refractivity contribution in [1.29, 1.82) is 0 Å². The third-order valence-electron chi connectivity index (χ3n) is 3.55. The Kier molecular flexibility index (Phi) is 5.70. The van der Waals surface area contributed by atoms with Gasteiger partial charge >= 0.3 is 0 Å². The first-order chi connectivity index (χ1) is 11.0. The highest BCUT2D eigenvalue weighted by Crippen LogP contribution is 2.17. The molecule has 0 radical (unpaired) electrons. The molecular formula is C16H24N6O. The first kappa shape index (κ1) is 17.0. The van der Waals surface area contributed by atoms with Crippen LogP contribution in [0, 0.1) is 0 Å². The molecule has 1 aromatic heterocycles. The van der Waals surface area contributed by atoms with Gasteiger partial charge < -0.3 is 15.4 Å². The topological polar surface area (TPSA) is 80.4 Å². The Morgan fingerprint density at radius 1 is 1.09 bits per heavy atom. The van der Waals surface area contributed by atoms with Crippen LogP contribution in [0.4, 0.5) is 11.9 Å². The lowest BCUT2D eigenvalue weighted by atomic mass is 10.3. The normalized spacial score (nSPS) is 12.2. The molecule has 23 heavy (non-hydrogen) atoms. The molecule has 1 atom stereocenters. The quantitative estimate of drug-likeness (QED) is 0.830. The van der Waals surface area contributed by atoms with E-state index in [1.54, 1.807) is 0 Å². The monoisotopic (exact) mass is 316 g/mol. The van der Waals surface area contributed by atoms with Crippen LogP contribution in [0.1, 0.15) is 18.8 Å². The molecule has 2 N–H and O–H groups in total. The lowest BCUT2D eigenvalue weighted by Crippen LogP contribution is -2.29. The zero-order chi connectivity index (χ0) is 16.8. The first-order valence-corrected chi connectivity index (χ1v) is 7.54. The predicted octanol–water partition coefficient (Wildman–Crippen LogP) is 1.59. The van der Waals surface area contributed by atoms with Crippen LogP contribution in [0.2, 0.25) is 0 Å². The van der Waals surface area contributed by atoms with Gasteiger partial charge in [-0.05, 0) is 26.1 Å². The van der Waals surface area contributed by atoms with Gasteiger partial charge in [0.15, 0.2) is 5.82 Å². The van der Waals surface area contributed by atoms with Gasteiger partial charge in [-0.2, -0.15) is 15.0 Å². The molecule has 7 heteroatoms. The van der Waals surface area contributed by atoms with Gasteiger partial charge in [-0.15, -0.1) is 0 Å². The minimum atomic E-state index is 0.0124. The lowest BCUT2D eigenvalue weighted by Gasteiger charge is -2.24. The van der Waals surface area contributed by atoms with Crippen molar-refractivity contribution >= 4 is 11.9 Å². The van der Waals surface area contributed by atoms with E-state index in [1.807, 2.05) is 63.3 Å². The van der Waals surface area contributed by atoms with E-state index < -0.39 is 0 Å². The summed E-state index contributed by atoms with van der Waals surface area (Å²) in [4.78, 5) is 16.8. The summed E-state index contributed by atoms with van der Waals surface area (Å²) in [7, 11) is 5.76. The van der Waals surface area contributed by atoms with Crippen molar-refractivity contribution in [3.63, 3.8) is 0 Å². The standard InChI is InChI=1S/C16H24N6O/c1-12(14-18-15(17)20-16(19-14)21(2)3)22(4)10-11-23-13-8-6-5-7-9-13/h5-9,12H,10-11H2,1-4H3,(H2,17,18,19,20)/t12-/m1/s1. The molecule has 0 bridgehead atoms. The van der Waals surface area contributed by atoms with Gasteiger partial charge in [0.2, 0.25) is 11.9 Å². The second-order valence-electron chi connectivity index (χ2n) is 5.56. The minimum Gasteiger partial charge on any atom is -0.492 e. The number of likely N-dealkylation sites (N-methyl/N-ethyl adjacent to an activating group) is 1. The third-order valence-corrected chi connectivity index (χ3v) is 3.55. The first-order valence-electron chi connectivity index (χ1n) is 7.54. The maximum absolute atomic E-state index is 5.78. The van der Waals surface area contributed by atoms with Gasteiger partial charge in [0.25, 0.3) is 0 Å². The second-order valence-corrected chi connectivity index (χ2v) is 5.56. The number of hydrogen-bond acceptors (Lipinski definition) is 7. The van der Waals surface area contributed by atoms with E-state index in [9.17, 15) is 0 Å². The van der Waals surface area contributed by atoms with Crippen molar-refractivity contribution in [2.75, 3.05) is 44.9 Å². The number of anilines is 2. The summed E-state index contributed by atoms with van der Waals surface area (Å²) in [5, 5.41) is 0. The van der Waals surface area contributed by atoms with Crippen molar-refractivity contribution in [1.82, 2.24) is 19.9 Å². The Labute approximate surface area is 137 Å². The van der Waals surface area contributed by atoms with E-state index in [4.69, 9.17) is 10.5 Å². The van der Waals surface area contributed by atoms with Gasteiger partial charge in [-0.25, -0.2) is 0 Å². The van der Waals surface area contributed by atoms with E-state index in [0.717, 1.165) is 12.3 Å². The number of nitrogens with zero attached hydrogens (tertiary/aromatic N) is 5. The molecule has 0 amide bonds. The number of rotatable bonds is 7. The fourth-order valence-electron chi connectivity index (χ4n) is 2.00. The van der Waals surface area contributed by atoms with Crippen LogP contribution in [0.3, 0.4) is 0 Å². The smallest absolute Gasteiger partial charge is 0.229 e. The molecule has 1 heterocycles. The second kappa shape index (κ2) is 7.73. The molecule has 2 aromatic rings. The van der Waals surface area contributed by atoms with Gasteiger partial charge in [-0.1, -0.05) is 18.2 Å². The Hall–Kier alpha value is -2.41. The summed E-state index contributed by atoms with van der Waals surface area (Å²) in [5.41, 5.74) is 5.78. The van der Waals surface area contributed by atoms with Crippen molar-refractivity contribution < 1.29 is 4.74 Å². The van der Waals surface area contributed by atoms with E-state index in [1.165, 1.54) is 0 Å². The fraction of sp³-hybridized carbons (Fsp3) is 0.438. The average Bonchev–Trinajstić information content (AvgIpc) is 2.54. The molecule has 7 nitrogen and oxygen atoms in total. The van der Waals surface area contributed by atoms with Crippen LogP contribution in [0.25, 0.3) is 0 Å². The predicted molar refractivity (Wildman–Crippen MR) is 91.5 cm³/mol. The molecule has 0 unspecified atom stereocenters. The number of ether oxygens (including phenoxy) is 1. The van der Waals surface area contributed by atoms with Crippen LogP contribution < -0.4 is 15.4 Å². The van der Waals surface area contributed by atoms with E-state index >= 15 is 0 Å². The SMILES string of the molecule is C[C@H](c1nc(N)nc(N(C)C)n1)N(C)CCOc1ccccc1. The van der Waals surface area contributed by atoms with Crippen LogP contribution in [-0.4, -0.2) is 54.1 Å². The molecule has 0 aliphatic heterocycles. The number of hydrogen-bond donors (Lipinski definition) is 1. The molecule has 1 aromatic carbocycles. The maximum atomic E-state index is 5.78. The number of para-hydroxylation sites is 1. The third kappa shape index (κ3) is 4.79. The van der Waals surface area contributed by atoms with Crippen molar-refractivity contribution in [2.45, 2.75) is 13.0 Å². The van der Waals surface area contributed by atoms with Gasteiger partial charge in [-0.3, -0.25) is 4.90 Å². The zero-order valence-electron chi connectivity index (χ0n) is 14.1. The molecule has 0 saturated carbocycles. The Morgan fingerprint density at radius 3 is 2.43 bits per heavy atom. The molecule has 0 aliphatic carbocycles. The fourth-order valence-corrected chi connectivity index (χ4v) is 2.00. The summed E-state index contributed by atoms with van der Waals surface area (Å²) in [6.45, 7) is 3.38. The Morgan fingerprint density at radius 2 is 1.78 bits per heavy atom. The van der Waals surface area contributed by atoms with Crippen molar-refractivity contribution in [3.8, 4) is 5.75 Å². The number of benzene rings is 1. The van der Waals surface area contributed by atoms with Crippen LogP contribution in [0.15, 0.2) is 30.3 Å². The van der Waals surface area contributed by atoms with Crippen molar-refractivity contribution in [3.05, 3.63) is 36.2 Å². The van der Waals surface area contributed by atoms with Gasteiger partial charge in [0, 0.05) is 20.6 Å². The van der Waals surface area contributed by atoms with E-state index in [0.29, 0.717) is 18.4 Å². The summed E-state index contributed by atoms with van der Waals surface area (Å²) in [6, 6.07) is 9.78. The molecule has 0 saturated heterocycles. The highest BCUT2D eigenvalue weighted by molar-refractivity contribution is 5.33. The Balaban J connectivity index is 1.95. The molecular weight excluding hydrogens is 292 g/mol. The lowest BCUT2D eigenvalue weighted by molar-refractivity contribution is 0.196. The molecule has 0 fully saturated rings. The number of nitrogens with two attached hydrogens (primary N) is 1. The summed E-state index contributed by atoms with van der Waals surface area (Å²) in [6.07, 6.45) is 0. The zero-order valence-corrected chi connectivity index (χ0v) is 14.1. The molecule has 2 rings (SSSR count). The van der Waals surface area contributed by atoms with Gasteiger partial charge in [0.05, 0.1) is 6.04 Å². The number of nitrogen functional groups attached to an aromatic ring is 1. The van der Waals surface area contributed by atoms with Crippen LogP contribution in [0.5, 0.6) is 5.75 Å². The van der Waals surface area contributed by atoms with Gasteiger partial charge in [0.1, 0.15) is 12.4 Å². The summed E-state index contributed by atoms with van der Waals surface area (Å²) in [5.74, 6) is 2.32. The summed E-state index contributed by atoms with van der Waals surface area (Å²) < 4.78 is 5.72. The molecule has 0 spiro atoms. The molecule has 0 aliphatic rings. The van der Waals surface area contributed by atoms with Crippen LogP contribution >= 0.6 is 0 Å². The maximum Gasteiger partial charge on any atom is 0.229 e. The van der Waals surface area contributed by atoms with E-state index in [2.05, 4.69) is 19.9 Å². The van der Waals surface area contributed by atoms with E-state index in [-0.39, 0.29) is 12.0 Å². The van der Waals surface area contributed by atoms with Crippen LogP contribution in [-0.2, 0) is 0 Å². The number of aromatic nitrogens is 3. The average molecular weight is 316 g/mol. The highest BCUT2D eigenvalue weighted by atomic mass is 16.5. The molecule has 124 valence electrons. The Bertz CT molecular complexity index is 619.